The summed E-state index contributed by atoms with van der Waals surface area (Å²) in [4.78, 5) is 13.2. The first-order chi connectivity index (χ1) is 11.1. The molecule has 1 heterocycles. The number of nitrogens with one attached hydrogen (secondary N) is 1. The number of rotatable bonds is 4. The Labute approximate surface area is 139 Å². The number of hydrogen-bond acceptors (Lipinski definition) is 4. The standard InChI is InChI=1S/C15H11BrFN5O/c16-12-8-11(17)6-7-13(12)18-14(23)9-22-20-15(19-21-22)10-4-2-1-3-5-10/h1-8H,9H2,(H,18,23). The van der Waals surface area contributed by atoms with Crippen LogP contribution in [0.15, 0.2) is 53.0 Å². The fourth-order valence-electron chi connectivity index (χ4n) is 1.92. The van der Waals surface area contributed by atoms with Crippen molar-refractivity contribution in [2.75, 3.05) is 5.32 Å². The quantitative estimate of drug-likeness (QED) is 0.760. The van der Waals surface area contributed by atoms with Gasteiger partial charge in [0.2, 0.25) is 11.7 Å². The maximum Gasteiger partial charge on any atom is 0.248 e. The lowest BCUT2D eigenvalue weighted by Crippen LogP contribution is -2.20. The van der Waals surface area contributed by atoms with E-state index < -0.39 is 0 Å². The van der Waals surface area contributed by atoms with E-state index in [2.05, 4.69) is 36.7 Å². The van der Waals surface area contributed by atoms with E-state index in [-0.39, 0.29) is 18.3 Å². The van der Waals surface area contributed by atoms with Crippen LogP contribution >= 0.6 is 15.9 Å². The van der Waals surface area contributed by atoms with Gasteiger partial charge in [-0.05, 0) is 39.3 Å². The van der Waals surface area contributed by atoms with Crippen LogP contribution in [0.5, 0.6) is 0 Å². The van der Waals surface area contributed by atoms with Crippen LogP contribution in [0.2, 0.25) is 0 Å². The van der Waals surface area contributed by atoms with Gasteiger partial charge in [0, 0.05) is 10.0 Å². The molecule has 0 saturated heterocycles. The Morgan fingerprint density at radius 1 is 1.22 bits per heavy atom. The molecule has 116 valence electrons. The van der Waals surface area contributed by atoms with Crippen LogP contribution in [0.3, 0.4) is 0 Å². The molecule has 8 heteroatoms. The van der Waals surface area contributed by atoms with Gasteiger partial charge in [-0.25, -0.2) is 4.39 Å². The molecule has 0 atom stereocenters. The van der Waals surface area contributed by atoms with Crippen molar-refractivity contribution < 1.29 is 9.18 Å². The molecule has 0 fully saturated rings. The second-order valence-corrected chi connectivity index (χ2v) is 5.54. The van der Waals surface area contributed by atoms with Crippen molar-refractivity contribution in [3.8, 4) is 11.4 Å². The van der Waals surface area contributed by atoms with Crippen molar-refractivity contribution in [3.63, 3.8) is 0 Å². The zero-order chi connectivity index (χ0) is 16.2. The maximum absolute atomic E-state index is 13.0. The highest BCUT2D eigenvalue weighted by Crippen LogP contribution is 2.23. The molecule has 1 aromatic heterocycles. The molecule has 0 aliphatic heterocycles. The number of aromatic nitrogens is 4. The predicted octanol–water partition coefficient (Wildman–Crippen LogP) is 2.88. The molecule has 6 nitrogen and oxygen atoms in total. The van der Waals surface area contributed by atoms with Gasteiger partial charge in [-0.3, -0.25) is 4.79 Å². The number of hydrogen-bond donors (Lipinski definition) is 1. The summed E-state index contributed by atoms with van der Waals surface area (Å²) < 4.78 is 13.5. The molecule has 0 radical (unpaired) electrons. The summed E-state index contributed by atoms with van der Waals surface area (Å²) >= 11 is 3.19. The minimum Gasteiger partial charge on any atom is -0.323 e. The van der Waals surface area contributed by atoms with Gasteiger partial charge in [0.05, 0.1) is 5.69 Å². The molecular formula is C15H11BrFN5O. The van der Waals surface area contributed by atoms with E-state index in [4.69, 9.17) is 0 Å². The van der Waals surface area contributed by atoms with Gasteiger partial charge >= 0.3 is 0 Å². The summed E-state index contributed by atoms with van der Waals surface area (Å²) in [5.41, 5.74) is 1.29. The number of amides is 1. The summed E-state index contributed by atoms with van der Waals surface area (Å²) in [5.74, 6) is -0.281. The average Bonchev–Trinajstić information content (AvgIpc) is 2.99. The third-order valence-corrected chi connectivity index (χ3v) is 3.63. The summed E-state index contributed by atoms with van der Waals surface area (Å²) in [6, 6.07) is 13.4. The molecule has 0 saturated carbocycles. The normalized spacial score (nSPS) is 10.5. The minimum absolute atomic E-state index is 0.0936. The van der Waals surface area contributed by atoms with Crippen molar-refractivity contribution in [1.82, 2.24) is 20.2 Å². The van der Waals surface area contributed by atoms with E-state index in [0.29, 0.717) is 16.0 Å². The van der Waals surface area contributed by atoms with Crippen LogP contribution in [0.1, 0.15) is 0 Å². The van der Waals surface area contributed by atoms with E-state index in [1.54, 1.807) is 0 Å². The van der Waals surface area contributed by atoms with Crippen molar-refractivity contribution in [2.24, 2.45) is 0 Å². The maximum atomic E-state index is 13.0. The number of carbonyl (C=O) groups is 1. The lowest BCUT2D eigenvalue weighted by Gasteiger charge is -2.06. The Balaban J connectivity index is 1.68. The van der Waals surface area contributed by atoms with Gasteiger partial charge in [-0.1, -0.05) is 30.3 Å². The highest BCUT2D eigenvalue weighted by atomic mass is 79.9. The third kappa shape index (κ3) is 3.78. The monoisotopic (exact) mass is 375 g/mol. The number of halogens is 2. The topological polar surface area (TPSA) is 72.7 Å². The van der Waals surface area contributed by atoms with Gasteiger partial charge in [0.25, 0.3) is 0 Å². The lowest BCUT2D eigenvalue weighted by atomic mass is 10.2. The first-order valence-electron chi connectivity index (χ1n) is 6.70. The number of carbonyl (C=O) groups excluding carboxylic acids is 1. The van der Waals surface area contributed by atoms with Gasteiger partial charge in [0.15, 0.2) is 0 Å². The van der Waals surface area contributed by atoms with E-state index >= 15 is 0 Å². The molecular weight excluding hydrogens is 365 g/mol. The highest BCUT2D eigenvalue weighted by molar-refractivity contribution is 9.10. The number of anilines is 1. The van der Waals surface area contributed by atoms with Crippen LogP contribution in [0, 0.1) is 5.82 Å². The molecule has 23 heavy (non-hydrogen) atoms. The first-order valence-corrected chi connectivity index (χ1v) is 7.49. The Morgan fingerprint density at radius 2 is 2.00 bits per heavy atom. The van der Waals surface area contributed by atoms with E-state index in [1.807, 2.05) is 30.3 Å². The smallest absolute Gasteiger partial charge is 0.248 e. The van der Waals surface area contributed by atoms with Crippen molar-refractivity contribution in [2.45, 2.75) is 6.54 Å². The highest BCUT2D eigenvalue weighted by Gasteiger charge is 2.11. The largest absolute Gasteiger partial charge is 0.323 e. The Kier molecular flexibility index (Phi) is 4.42. The van der Waals surface area contributed by atoms with Crippen LogP contribution in [-0.2, 0) is 11.3 Å². The zero-order valence-corrected chi connectivity index (χ0v) is 13.4. The van der Waals surface area contributed by atoms with Crippen LogP contribution in [-0.4, -0.2) is 26.1 Å². The average molecular weight is 376 g/mol. The molecule has 0 spiro atoms. The number of tetrazole rings is 1. The zero-order valence-electron chi connectivity index (χ0n) is 11.8. The molecule has 1 N–H and O–H groups in total. The molecule has 0 aliphatic carbocycles. The Hall–Kier alpha value is -2.61. The summed E-state index contributed by atoms with van der Waals surface area (Å²) in [6.07, 6.45) is 0. The molecule has 1 amide bonds. The molecule has 0 unspecified atom stereocenters. The first kappa shape index (κ1) is 15.3. The van der Waals surface area contributed by atoms with Crippen molar-refractivity contribution >= 4 is 27.5 Å². The Morgan fingerprint density at radius 3 is 2.74 bits per heavy atom. The van der Waals surface area contributed by atoms with E-state index in [9.17, 15) is 9.18 Å². The summed E-state index contributed by atoms with van der Waals surface area (Å²) in [6.45, 7) is -0.0936. The second kappa shape index (κ2) is 6.66. The van der Waals surface area contributed by atoms with Gasteiger partial charge in [0.1, 0.15) is 12.4 Å². The predicted molar refractivity (Wildman–Crippen MR) is 86.0 cm³/mol. The van der Waals surface area contributed by atoms with E-state index in [0.717, 1.165) is 5.56 Å². The molecule has 3 aromatic rings. The van der Waals surface area contributed by atoms with Crippen molar-refractivity contribution in [1.29, 1.82) is 0 Å². The third-order valence-electron chi connectivity index (χ3n) is 2.98. The molecule has 0 bridgehead atoms. The van der Waals surface area contributed by atoms with Gasteiger partial charge in [-0.2, -0.15) is 4.80 Å². The van der Waals surface area contributed by atoms with Crippen LogP contribution < -0.4 is 5.32 Å². The second-order valence-electron chi connectivity index (χ2n) is 4.68. The molecule has 3 rings (SSSR count). The van der Waals surface area contributed by atoms with Gasteiger partial charge in [-0.15, -0.1) is 10.2 Å². The lowest BCUT2D eigenvalue weighted by molar-refractivity contribution is -0.117. The van der Waals surface area contributed by atoms with E-state index in [1.165, 1.54) is 23.0 Å². The fraction of sp³-hybridized carbons (Fsp3) is 0.0667. The van der Waals surface area contributed by atoms with Crippen molar-refractivity contribution in [3.05, 3.63) is 58.8 Å². The summed E-state index contributed by atoms with van der Waals surface area (Å²) in [5, 5.41) is 14.6. The fourth-order valence-corrected chi connectivity index (χ4v) is 2.37. The SMILES string of the molecule is O=C(Cn1nnc(-c2ccccc2)n1)Nc1ccc(F)cc1Br. The number of nitrogens with zero attached hydrogens (tertiary/aromatic N) is 4. The summed E-state index contributed by atoms with van der Waals surface area (Å²) in [7, 11) is 0. The number of benzene rings is 2. The van der Waals surface area contributed by atoms with Gasteiger partial charge < -0.3 is 5.32 Å². The molecule has 2 aromatic carbocycles. The Bertz CT molecular complexity index is 837. The molecule has 0 aliphatic rings. The minimum atomic E-state index is -0.389. The van der Waals surface area contributed by atoms with Crippen LogP contribution in [0.25, 0.3) is 11.4 Å². The van der Waals surface area contributed by atoms with Crippen LogP contribution in [0.4, 0.5) is 10.1 Å².